The molecule has 27 heavy (non-hydrogen) atoms. The van der Waals surface area contributed by atoms with Gasteiger partial charge in [0.05, 0.1) is 6.61 Å². The van der Waals surface area contributed by atoms with E-state index in [1.807, 2.05) is 43.5 Å². The van der Waals surface area contributed by atoms with Gasteiger partial charge in [-0.15, -0.1) is 0 Å². The lowest BCUT2D eigenvalue weighted by molar-refractivity contribution is -0.116. The van der Waals surface area contributed by atoms with Crippen LogP contribution in [0.1, 0.15) is 18.9 Å². The fourth-order valence-corrected chi connectivity index (χ4v) is 2.95. The summed E-state index contributed by atoms with van der Waals surface area (Å²) in [4.78, 5) is 24.0. The monoisotopic (exact) mass is 365 g/mol. The van der Waals surface area contributed by atoms with Crippen LogP contribution in [0.5, 0.6) is 0 Å². The maximum atomic E-state index is 12.4. The molecular weight excluding hydrogens is 342 g/mol. The predicted octanol–water partition coefficient (Wildman–Crippen LogP) is 4.55. The zero-order valence-corrected chi connectivity index (χ0v) is 15.5. The third kappa shape index (κ3) is 4.47. The quantitative estimate of drug-likeness (QED) is 0.673. The molecule has 2 amide bonds. The lowest BCUT2D eigenvalue weighted by Gasteiger charge is -2.13. The fourth-order valence-electron chi connectivity index (χ4n) is 2.95. The lowest BCUT2D eigenvalue weighted by Crippen LogP contribution is -2.17. The number of hydrogen-bond donors (Lipinski definition) is 2. The molecule has 0 aliphatic carbocycles. The molecule has 6 nitrogen and oxygen atoms in total. The number of carbonyl (C=O) groups excluding carboxylic acids is 2. The molecule has 0 atom stereocenters. The van der Waals surface area contributed by atoms with E-state index in [9.17, 15) is 9.59 Å². The summed E-state index contributed by atoms with van der Waals surface area (Å²) < 4.78 is 6.97. The lowest BCUT2D eigenvalue weighted by atomic mass is 10.1. The highest BCUT2D eigenvalue weighted by Crippen LogP contribution is 2.24. The molecule has 1 heterocycles. The Kier molecular flexibility index (Phi) is 5.76. The summed E-state index contributed by atoms with van der Waals surface area (Å²) in [5.41, 5.74) is 3.18. The molecule has 0 spiro atoms. The largest absolute Gasteiger partial charge is 0.450 e. The van der Waals surface area contributed by atoms with Gasteiger partial charge in [-0.25, -0.2) is 4.79 Å². The number of fused-ring (bicyclic) bond motifs is 1. The molecule has 140 valence electrons. The molecule has 2 aromatic carbocycles. The van der Waals surface area contributed by atoms with E-state index < -0.39 is 6.09 Å². The standard InChI is InChI=1S/C21H23N3O3/c1-3-27-21(26)23-18-9-6-8-17(15(18)2)22-20(25)12-14-24-13-11-16-7-4-5-10-19(16)24/h4-11,13H,3,12,14H2,1-2H3,(H,22,25)(H,23,26). The maximum Gasteiger partial charge on any atom is 0.411 e. The van der Waals surface area contributed by atoms with Gasteiger partial charge in [0.15, 0.2) is 0 Å². The second-order valence-corrected chi connectivity index (χ2v) is 6.19. The first-order valence-corrected chi connectivity index (χ1v) is 8.95. The molecule has 3 aromatic rings. The van der Waals surface area contributed by atoms with E-state index in [1.165, 1.54) is 0 Å². The van der Waals surface area contributed by atoms with Crippen molar-refractivity contribution in [1.29, 1.82) is 0 Å². The van der Waals surface area contributed by atoms with Gasteiger partial charge in [-0.2, -0.15) is 0 Å². The van der Waals surface area contributed by atoms with Crippen molar-refractivity contribution >= 4 is 34.3 Å². The number of hydrogen-bond acceptors (Lipinski definition) is 3. The SMILES string of the molecule is CCOC(=O)Nc1cccc(NC(=O)CCn2ccc3ccccc32)c1C. The first-order chi connectivity index (χ1) is 13.1. The van der Waals surface area contributed by atoms with Crippen molar-refractivity contribution in [3.63, 3.8) is 0 Å². The van der Waals surface area contributed by atoms with Crippen LogP contribution in [-0.2, 0) is 16.1 Å². The van der Waals surface area contributed by atoms with Gasteiger partial charge in [-0.1, -0.05) is 24.3 Å². The number of aromatic nitrogens is 1. The molecule has 0 bridgehead atoms. The van der Waals surface area contributed by atoms with E-state index >= 15 is 0 Å². The summed E-state index contributed by atoms with van der Waals surface area (Å²) in [6, 6.07) is 15.5. The highest BCUT2D eigenvalue weighted by molar-refractivity contribution is 5.94. The van der Waals surface area contributed by atoms with Gasteiger partial charge in [0, 0.05) is 36.1 Å². The van der Waals surface area contributed by atoms with Crippen LogP contribution < -0.4 is 10.6 Å². The number of anilines is 2. The first-order valence-electron chi connectivity index (χ1n) is 8.95. The smallest absolute Gasteiger partial charge is 0.411 e. The van der Waals surface area contributed by atoms with Gasteiger partial charge in [0.1, 0.15) is 0 Å². The minimum atomic E-state index is -0.511. The predicted molar refractivity (Wildman–Crippen MR) is 107 cm³/mol. The van der Waals surface area contributed by atoms with E-state index in [0.717, 1.165) is 16.5 Å². The Labute approximate surface area is 158 Å². The molecule has 3 rings (SSSR count). The van der Waals surface area contributed by atoms with Crippen LogP contribution in [-0.4, -0.2) is 23.2 Å². The van der Waals surface area contributed by atoms with Crippen LogP contribution in [0.4, 0.5) is 16.2 Å². The van der Waals surface area contributed by atoms with Gasteiger partial charge >= 0.3 is 6.09 Å². The number of nitrogens with one attached hydrogen (secondary N) is 2. The zero-order chi connectivity index (χ0) is 19.2. The maximum absolute atomic E-state index is 12.4. The second-order valence-electron chi connectivity index (χ2n) is 6.19. The number of rotatable bonds is 6. The van der Waals surface area contributed by atoms with Crippen molar-refractivity contribution in [2.45, 2.75) is 26.8 Å². The number of carbonyl (C=O) groups is 2. The molecule has 0 radical (unpaired) electrons. The molecule has 0 saturated carbocycles. The van der Waals surface area contributed by atoms with Crippen molar-refractivity contribution in [2.24, 2.45) is 0 Å². The van der Waals surface area contributed by atoms with E-state index in [0.29, 0.717) is 30.9 Å². The summed E-state index contributed by atoms with van der Waals surface area (Å²) in [5.74, 6) is -0.0795. The molecule has 0 aliphatic rings. The Morgan fingerprint density at radius 2 is 1.74 bits per heavy atom. The number of ether oxygens (including phenoxy) is 1. The van der Waals surface area contributed by atoms with Gasteiger partial charge in [0.25, 0.3) is 0 Å². The Morgan fingerprint density at radius 1 is 1.00 bits per heavy atom. The molecule has 0 unspecified atom stereocenters. The fraction of sp³-hybridized carbons (Fsp3) is 0.238. The highest BCUT2D eigenvalue weighted by atomic mass is 16.5. The molecule has 0 fully saturated rings. The number of benzene rings is 2. The van der Waals surface area contributed by atoms with Crippen LogP contribution in [0.2, 0.25) is 0 Å². The van der Waals surface area contributed by atoms with Gasteiger partial charge in [-0.3, -0.25) is 10.1 Å². The average Bonchev–Trinajstić information content (AvgIpc) is 3.07. The Morgan fingerprint density at radius 3 is 2.52 bits per heavy atom. The zero-order valence-electron chi connectivity index (χ0n) is 15.5. The van der Waals surface area contributed by atoms with Crippen molar-refractivity contribution in [3.05, 3.63) is 60.3 Å². The summed E-state index contributed by atoms with van der Waals surface area (Å²) in [6.07, 6.45) is 1.84. The summed E-state index contributed by atoms with van der Waals surface area (Å²) in [6.45, 7) is 4.49. The van der Waals surface area contributed by atoms with Crippen LogP contribution in [0.3, 0.4) is 0 Å². The van der Waals surface area contributed by atoms with E-state index in [1.54, 1.807) is 19.1 Å². The van der Waals surface area contributed by atoms with Crippen molar-refractivity contribution in [3.8, 4) is 0 Å². The molecule has 6 heteroatoms. The molecular formula is C21H23N3O3. The topological polar surface area (TPSA) is 72.4 Å². The summed E-state index contributed by atoms with van der Waals surface area (Å²) in [7, 11) is 0. The van der Waals surface area contributed by atoms with Gasteiger partial charge < -0.3 is 14.6 Å². The van der Waals surface area contributed by atoms with E-state index in [2.05, 4.69) is 21.3 Å². The van der Waals surface area contributed by atoms with Crippen LogP contribution >= 0.6 is 0 Å². The minimum Gasteiger partial charge on any atom is -0.450 e. The van der Waals surface area contributed by atoms with E-state index in [-0.39, 0.29) is 5.91 Å². The summed E-state index contributed by atoms with van der Waals surface area (Å²) >= 11 is 0. The molecule has 1 aromatic heterocycles. The number of aryl methyl sites for hydroxylation is 1. The van der Waals surface area contributed by atoms with Crippen molar-refractivity contribution in [2.75, 3.05) is 17.2 Å². The van der Waals surface area contributed by atoms with E-state index in [4.69, 9.17) is 4.74 Å². The first kappa shape index (κ1) is 18.5. The molecule has 0 aliphatic heterocycles. The second kappa shape index (κ2) is 8.40. The van der Waals surface area contributed by atoms with Crippen molar-refractivity contribution in [1.82, 2.24) is 4.57 Å². The van der Waals surface area contributed by atoms with Gasteiger partial charge in [-0.05, 0) is 49.1 Å². The summed E-state index contributed by atoms with van der Waals surface area (Å²) in [5, 5.41) is 6.76. The van der Waals surface area contributed by atoms with Gasteiger partial charge in [0.2, 0.25) is 5.91 Å². The third-order valence-corrected chi connectivity index (χ3v) is 4.38. The Hall–Kier alpha value is -3.28. The molecule has 0 saturated heterocycles. The van der Waals surface area contributed by atoms with Crippen LogP contribution in [0, 0.1) is 6.92 Å². The third-order valence-electron chi connectivity index (χ3n) is 4.38. The minimum absolute atomic E-state index is 0.0795. The van der Waals surface area contributed by atoms with Crippen LogP contribution in [0.15, 0.2) is 54.7 Å². The van der Waals surface area contributed by atoms with Crippen molar-refractivity contribution < 1.29 is 14.3 Å². The Bertz CT molecular complexity index is 962. The number of para-hydroxylation sites is 1. The van der Waals surface area contributed by atoms with Crippen LogP contribution in [0.25, 0.3) is 10.9 Å². The number of nitrogens with zero attached hydrogens (tertiary/aromatic N) is 1. The average molecular weight is 365 g/mol. The Balaban J connectivity index is 1.63. The highest BCUT2D eigenvalue weighted by Gasteiger charge is 2.11. The number of amides is 2. The molecule has 2 N–H and O–H groups in total. The normalized spacial score (nSPS) is 10.6.